The molecule has 3 heterocycles. The molecule has 0 radical (unpaired) electrons. The third-order valence-corrected chi connectivity index (χ3v) is 4.23. The third-order valence-electron chi connectivity index (χ3n) is 4.23. The number of piperidine rings is 1. The van der Waals surface area contributed by atoms with Crippen molar-refractivity contribution in [3.63, 3.8) is 0 Å². The van der Waals surface area contributed by atoms with E-state index in [1.165, 1.54) is 0 Å². The zero-order chi connectivity index (χ0) is 17.9. The fourth-order valence-corrected chi connectivity index (χ4v) is 2.88. The van der Waals surface area contributed by atoms with Gasteiger partial charge < -0.3 is 10.2 Å². The Balaban J connectivity index is 1.46. The summed E-state index contributed by atoms with van der Waals surface area (Å²) in [6, 6.07) is 1.07. The maximum Gasteiger partial charge on any atom is 0.433 e. The van der Waals surface area contributed by atoms with Gasteiger partial charge in [0.15, 0.2) is 0 Å². The summed E-state index contributed by atoms with van der Waals surface area (Å²) in [5.41, 5.74) is 0.0369. The number of halogens is 3. The molecule has 0 aliphatic carbocycles. The van der Waals surface area contributed by atoms with Crippen LogP contribution >= 0.6 is 0 Å². The molecule has 0 spiro atoms. The number of rotatable bonds is 5. The van der Waals surface area contributed by atoms with E-state index in [-0.39, 0.29) is 11.9 Å². The molecule has 2 aromatic rings. The fraction of sp³-hybridized carbons (Fsp3) is 0.600. The molecule has 0 aromatic carbocycles. The number of anilines is 1. The summed E-state index contributed by atoms with van der Waals surface area (Å²) in [5.74, 6) is 0.223. The minimum atomic E-state index is -4.46. The Labute approximate surface area is 143 Å². The summed E-state index contributed by atoms with van der Waals surface area (Å²) in [5, 5.41) is 11.1. The molecule has 0 unspecified atom stereocenters. The second kappa shape index (κ2) is 7.34. The van der Waals surface area contributed by atoms with E-state index in [0.717, 1.165) is 57.0 Å². The number of alkyl halides is 3. The number of aryl methyl sites for hydroxylation is 1. The normalized spacial score (nSPS) is 17.0. The van der Waals surface area contributed by atoms with Crippen LogP contribution in [0.4, 0.5) is 19.0 Å². The number of hydrogen-bond donors (Lipinski definition) is 1. The molecule has 10 heteroatoms. The van der Waals surface area contributed by atoms with E-state index >= 15 is 0 Å². The molecule has 0 amide bonds. The SMILES string of the molecule is Cn1cc(CCN2CCC(Nc3cc(C(F)(F)F)ncn3)CC2)nn1. The lowest BCUT2D eigenvalue weighted by molar-refractivity contribution is -0.141. The van der Waals surface area contributed by atoms with Crippen molar-refractivity contribution < 1.29 is 13.2 Å². The first-order chi connectivity index (χ1) is 11.9. The Morgan fingerprint density at radius 3 is 2.64 bits per heavy atom. The fourth-order valence-electron chi connectivity index (χ4n) is 2.88. The van der Waals surface area contributed by atoms with Crippen molar-refractivity contribution in [3.8, 4) is 0 Å². The molecule has 25 heavy (non-hydrogen) atoms. The van der Waals surface area contributed by atoms with Crippen molar-refractivity contribution in [3.05, 3.63) is 30.0 Å². The lowest BCUT2D eigenvalue weighted by atomic mass is 10.0. The van der Waals surface area contributed by atoms with E-state index in [0.29, 0.717) is 0 Å². The van der Waals surface area contributed by atoms with Crippen LogP contribution in [0.15, 0.2) is 18.6 Å². The minimum absolute atomic E-state index is 0.115. The first kappa shape index (κ1) is 17.6. The van der Waals surface area contributed by atoms with Crippen molar-refractivity contribution in [2.24, 2.45) is 7.05 Å². The van der Waals surface area contributed by atoms with Crippen LogP contribution in [0.2, 0.25) is 0 Å². The molecule has 3 rings (SSSR count). The summed E-state index contributed by atoms with van der Waals surface area (Å²) in [7, 11) is 1.84. The molecule has 1 saturated heterocycles. The maximum atomic E-state index is 12.7. The van der Waals surface area contributed by atoms with Crippen LogP contribution in [0.5, 0.6) is 0 Å². The lowest BCUT2D eigenvalue weighted by Crippen LogP contribution is -2.40. The summed E-state index contributed by atoms with van der Waals surface area (Å²) >= 11 is 0. The van der Waals surface area contributed by atoms with E-state index in [1.807, 2.05) is 13.2 Å². The second-order valence-corrected chi connectivity index (χ2v) is 6.18. The first-order valence-electron chi connectivity index (χ1n) is 8.13. The van der Waals surface area contributed by atoms with Crippen LogP contribution in [0.1, 0.15) is 24.2 Å². The van der Waals surface area contributed by atoms with E-state index in [9.17, 15) is 13.2 Å². The summed E-state index contributed by atoms with van der Waals surface area (Å²) in [4.78, 5) is 9.49. The standard InChI is InChI=1S/C15H20F3N7/c1-24-9-12(22-23-24)4-7-25-5-2-11(3-6-25)21-14-8-13(15(16,17)18)19-10-20-14/h8-11H,2-7H2,1H3,(H,19,20,21). The van der Waals surface area contributed by atoms with Gasteiger partial charge in [0.1, 0.15) is 17.8 Å². The van der Waals surface area contributed by atoms with Gasteiger partial charge in [-0.05, 0) is 12.8 Å². The first-order valence-corrected chi connectivity index (χ1v) is 8.13. The van der Waals surface area contributed by atoms with Crippen LogP contribution < -0.4 is 5.32 Å². The second-order valence-electron chi connectivity index (χ2n) is 6.18. The summed E-state index contributed by atoms with van der Waals surface area (Å²) < 4.78 is 39.7. The molecule has 136 valence electrons. The Kier molecular flexibility index (Phi) is 5.16. The maximum absolute atomic E-state index is 12.7. The lowest BCUT2D eigenvalue weighted by Gasteiger charge is -2.32. The summed E-state index contributed by atoms with van der Waals surface area (Å²) in [6.07, 6.45) is 0.941. The number of hydrogen-bond acceptors (Lipinski definition) is 6. The Morgan fingerprint density at radius 2 is 2.00 bits per heavy atom. The average Bonchev–Trinajstić information content (AvgIpc) is 2.99. The average molecular weight is 355 g/mol. The Morgan fingerprint density at radius 1 is 1.24 bits per heavy atom. The third kappa shape index (κ3) is 4.88. The molecule has 1 fully saturated rings. The highest BCUT2D eigenvalue weighted by Crippen LogP contribution is 2.28. The van der Waals surface area contributed by atoms with E-state index in [2.05, 4.69) is 30.5 Å². The van der Waals surface area contributed by atoms with Crippen LogP contribution in [0, 0.1) is 0 Å². The van der Waals surface area contributed by atoms with Gasteiger partial charge in [-0.15, -0.1) is 5.10 Å². The number of nitrogens with one attached hydrogen (secondary N) is 1. The molecule has 1 aliphatic heterocycles. The molecular weight excluding hydrogens is 335 g/mol. The zero-order valence-electron chi connectivity index (χ0n) is 13.9. The Hall–Kier alpha value is -2.23. The quantitative estimate of drug-likeness (QED) is 0.881. The van der Waals surface area contributed by atoms with Gasteiger partial charge in [0.25, 0.3) is 0 Å². The van der Waals surface area contributed by atoms with Gasteiger partial charge >= 0.3 is 6.18 Å². The van der Waals surface area contributed by atoms with Gasteiger partial charge in [-0.1, -0.05) is 5.21 Å². The molecule has 7 nitrogen and oxygen atoms in total. The molecule has 1 N–H and O–H groups in total. The smallest absolute Gasteiger partial charge is 0.367 e. The summed E-state index contributed by atoms with van der Waals surface area (Å²) in [6.45, 7) is 2.67. The molecule has 2 aromatic heterocycles. The van der Waals surface area contributed by atoms with Crippen LogP contribution in [-0.2, 0) is 19.6 Å². The largest absolute Gasteiger partial charge is 0.433 e. The van der Waals surface area contributed by atoms with Crippen molar-refractivity contribution in [1.29, 1.82) is 0 Å². The molecule has 1 aliphatic rings. The molecule has 0 saturated carbocycles. The monoisotopic (exact) mass is 355 g/mol. The Bertz CT molecular complexity index is 692. The van der Waals surface area contributed by atoms with Gasteiger partial charge in [0.05, 0.1) is 5.69 Å². The van der Waals surface area contributed by atoms with Crippen molar-refractivity contribution in [2.75, 3.05) is 25.0 Å². The van der Waals surface area contributed by atoms with Crippen molar-refractivity contribution in [2.45, 2.75) is 31.5 Å². The van der Waals surface area contributed by atoms with E-state index in [1.54, 1.807) is 4.68 Å². The highest BCUT2D eigenvalue weighted by Gasteiger charge is 2.33. The highest BCUT2D eigenvalue weighted by atomic mass is 19.4. The zero-order valence-corrected chi connectivity index (χ0v) is 13.9. The van der Waals surface area contributed by atoms with Crippen LogP contribution in [0.3, 0.4) is 0 Å². The van der Waals surface area contributed by atoms with Gasteiger partial charge in [0, 0.05) is 51.4 Å². The minimum Gasteiger partial charge on any atom is -0.367 e. The van der Waals surface area contributed by atoms with E-state index in [4.69, 9.17) is 0 Å². The molecule has 0 bridgehead atoms. The predicted molar refractivity (Wildman–Crippen MR) is 84.8 cm³/mol. The highest BCUT2D eigenvalue weighted by molar-refractivity contribution is 5.36. The topological polar surface area (TPSA) is 71.8 Å². The van der Waals surface area contributed by atoms with Crippen molar-refractivity contribution >= 4 is 5.82 Å². The number of nitrogens with zero attached hydrogens (tertiary/aromatic N) is 6. The van der Waals surface area contributed by atoms with Crippen molar-refractivity contribution in [1.82, 2.24) is 29.9 Å². The van der Waals surface area contributed by atoms with Crippen LogP contribution in [0.25, 0.3) is 0 Å². The van der Waals surface area contributed by atoms with Crippen LogP contribution in [-0.4, -0.2) is 55.5 Å². The number of likely N-dealkylation sites (tertiary alicyclic amines) is 1. The van der Waals surface area contributed by atoms with Gasteiger partial charge in [0.2, 0.25) is 0 Å². The predicted octanol–water partition coefficient (Wildman–Crippen LogP) is 1.74. The molecular formula is C15H20F3N7. The molecule has 0 atom stereocenters. The number of aromatic nitrogens is 5. The van der Waals surface area contributed by atoms with Gasteiger partial charge in [-0.3, -0.25) is 4.68 Å². The van der Waals surface area contributed by atoms with Gasteiger partial charge in [-0.25, -0.2) is 9.97 Å². The van der Waals surface area contributed by atoms with E-state index < -0.39 is 11.9 Å². The van der Waals surface area contributed by atoms with Gasteiger partial charge in [-0.2, -0.15) is 13.2 Å².